The maximum absolute atomic E-state index is 12.4. The molecule has 0 fully saturated rings. The Bertz CT molecular complexity index is 941. The fraction of sp³-hybridized carbons (Fsp3) is 0.158. The first-order chi connectivity index (χ1) is 11.6. The van der Waals surface area contributed by atoms with E-state index in [-0.39, 0.29) is 6.61 Å². The molecule has 0 aliphatic rings. The molecular weight excluding hydrogens is 308 g/mol. The third-order valence-electron chi connectivity index (χ3n) is 3.79. The van der Waals surface area contributed by atoms with Gasteiger partial charge in [-0.1, -0.05) is 30.3 Å². The smallest absolute Gasteiger partial charge is 0.344 e. The summed E-state index contributed by atoms with van der Waals surface area (Å²) in [5.74, 6) is -0.0462. The Morgan fingerprint density at radius 2 is 1.88 bits per heavy atom. The summed E-state index contributed by atoms with van der Waals surface area (Å²) in [6.07, 6.45) is 0. The van der Waals surface area contributed by atoms with Crippen molar-refractivity contribution < 1.29 is 18.7 Å². The summed E-state index contributed by atoms with van der Waals surface area (Å²) in [6.45, 7) is 1.68. The van der Waals surface area contributed by atoms with E-state index in [0.29, 0.717) is 16.9 Å². The molecule has 122 valence electrons. The third-order valence-corrected chi connectivity index (χ3v) is 3.79. The Kier molecular flexibility index (Phi) is 4.33. The molecule has 0 atom stereocenters. The maximum atomic E-state index is 12.4. The summed E-state index contributed by atoms with van der Waals surface area (Å²) in [4.78, 5) is 23.5. The number of carbonyl (C=O) groups excluding carboxylic acids is 1. The van der Waals surface area contributed by atoms with Crippen LogP contribution in [0.3, 0.4) is 0 Å². The first kappa shape index (κ1) is 15.8. The van der Waals surface area contributed by atoms with Crippen molar-refractivity contribution in [1.82, 2.24) is 0 Å². The molecule has 0 spiro atoms. The van der Waals surface area contributed by atoms with E-state index in [2.05, 4.69) is 4.74 Å². The molecule has 5 heteroatoms. The highest BCUT2D eigenvalue weighted by atomic mass is 16.6. The number of carbonyl (C=O) groups is 1. The number of ether oxygens (including phenoxy) is 2. The van der Waals surface area contributed by atoms with Crippen LogP contribution in [-0.2, 0) is 9.53 Å². The van der Waals surface area contributed by atoms with Gasteiger partial charge in [0.15, 0.2) is 6.61 Å². The Morgan fingerprint density at radius 1 is 1.12 bits per heavy atom. The van der Waals surface area contributed by atoms with Crippen LogP contribution in [0.5, 0.6) is 5.75 Å². The van der Waals surface area contributed by atoms with Crippen LogP contribution in [0.1, 0.15) is 5.56 Å². The van der Waals surface area contributed by atoms with Gasteiger partial charge in [0, 0.05) is 11.5 Å². The lowest BCUT2D eigenvalue weighted by Gasteiger charge is -2.10. The summed E-state index contributed by atoms with van der Waals surface area (Å²) >= 11 is 0. The Hall–Kier alpha value is -3.08. The van der Waals surface area contributed by atoms with Crippen molar-refractivity contribution in [2.75, 3.05) is 13.7 Å². The molecule has 0 unspecified atom stereocenters. The van der Waals surface area contributed by atoms with Crippen molar-refractivity contribution in [2.24, 2.45) is 0 Å². The molecule has 0 amide bonds. The van der Waals surface area contributed by atoms with Crippen LogP contribution in [0.15, 0.2) is 57.7 Å². The molecule has 0 aliphatic carbocycles. The van der Waals surface area contributed by atoms with E-state index in [0.717, 1.165) is 16.5 Å². The average molecular weight is 324 g/mol. The number of methoxy groups -OCH3 is 1. The zero-order chi connectivity index (χ0) is 17.1. The minimum Gasteiger partial charge on any atom is -0.482 e. The van der Waals surface area contributed by atoms with Gasteiger partial charge in [0.05, 0.1) is 12.7 Å². The van der Waals surface area contributed by atoms with Crippen LogP contribution in [0, 0.1) is 6.92 Å². The minimum atomic E-state index is -0.479. The van der Waals surface area contributed by atoms with Crippen LogP contribution in [0.4, 0.5) is 0 Å². The Balaban J connectivity index is 2.05. The van der Waals surface area contributed by atoms with Crippen molar-refractivity contribution in [3.05, 3.63) is 64.5 Å². The van der Waals surface area contributed by atoms with Gasteiger partial charge in [0.2, 0.25) is 0 Å². The quantitative estimate of drug-likeness (QED) is 0.544. The molecule has 0 radical (unpaired) electrons. The topological polar surface area (TPSA) is 65.7 Å². The zero-order valence-electron chi connectivity index (χ0n) is 13.4. The van der Waals surface area contributed by atoms with Crippen molar-refractivity contribution in [3.8, 4) is 16.9 Å². The second-order valence-corrected chi connectivity index (χ2v) is 5.28. The van der Waals surface area contributed by atoms with E-state index < -0.39 is 11.6 Å². The highest BCUT2D eigenvalue weighted by Crippen LogP contribution is 2.28. The van der Waals surface area contributed by atoms with Crippen LogP contribution < -0.4 is 10.4 Å². The number of hydrogen-bond acceptors (Lipinski definition) is 5. The highest BCUT2D eigenvalue weighted by molar-refractivity contribution is 5.87. The average Bonchev–Trinajstić information content (AvgIpc) is 2.60. The lowest BCUT2D eigenvalue weighted by atomic mass is 10.00. The van der Waals surface area contributed by atoms with Gasteiger partial charge < -0.3 is 13.9 Å². The van der Waals surface area contributed by atoms with Gasteiger partial charge in [-0.15, -0.1) is 0 Å². The maximum Gasteiger partial charge on any atom is 0.344 e. The van der Waals surface area contributed by atoms with Crippen LogP contribution in [0.25, 0.3) is 22.1 Å². The zero-order valence-corrected chi connectivity index (χ0v) is 13.4. The largest absolute Gasteiger partial charge is 0.482 e. The van der Waals surface area contributed by atoms with Gasteiger partial charge in [-0.2, -0.15) is 0 Å². The Labute approximate surface area is 138 Å². The SMILES string of the molecule is COC(=O)COc1ccc2c(C)c(-c3ccccc3)c(=O)oc2c1. The van der Waals surface area contributed by atoms with Crippen LogP contribution in [0.2, 0.25) is 0 Å². The van der Waals surface area contributed by atoms with Gasteiger partial charge in [0.25, 0.3) is 0 Å². The van der Waals surface area contributed by atoms with Crippen molar-refractivity contribution in [1.29, 1.82) is 0 Å². The van der Waals surface area contributed by atoms with Crippen LogP contribution >= 0.6 is 0 Å². The predicted molar refractivity (Wildman–Crippen MR) is 90.2 cm³/mol. The molecule has 1 aromatic heterocycles. The number of esters is 1. The molecule has 0 N–H and O–H groups in total. The standard InChI is InChI=1S/C19H16O5/c1-12-15-9-8-14(23-11-17(20)22-2)10-16(15)24-19(21)18(12)13-6-4-3-5-7-13/h3-10H,11H2,1-2H3. The predicted octanol–water partition coefficient (Wildman–Crippen LogP) is 3.32. The summed E-state index contributed by atoms with van der Waals surface area (Å²) in [5, 5.41) is 0.818. The molecule has 3 aromatic rings. The molecular formula is C19H16O5. The minimum absolute atomic E-state index is 0.201. The first-order valence-corrected chi connectivity index (χ1v) is 7.42. The molecule has 0 saturated heterocycles. The first-order valence-electron chi connectivity index (χ1n) is 7.42. The molecule has 5 nitrogen and oxygen atoms in total. The Morgan fingerprint density at radius 3 is 2.58 bits per heavy atom. The number of fused-ring (bicyclic) bond motifs is 1. The van der Waals surface area contributed by atoms with Crippen molar-refractivity contribution >= 4 is 16.9 Å². The van der Waals surface area contributed by atoms with E-state index in [4.69, 9.17) is 9.15 Å². The second kappa shape index (κ2) is 6.58. The third kappa shape index (κ3) is 3.01. The number of rotatable bonds is 4. The molecule has 3 rings (SSSR count). The van der Waals surface area contributed by atoms with Gasteiger partial charge >= 0.3 is 11.6 Å². The lowest BCUT2D eigenvalue weighted by molar-refractivity contribution is -0.142. The monoisotopic (exact) mass is 324 g/mol. The molecule has 2 aromatic carbocycles. The summed E-state index contributed by atoms with van der Waals surface area (Å²) in [7, 11) is 1.29. The van der Waals surface area contributed by atoms with E-state index in [1.54, 1.807) is 12.1 Å². The lowest BCUT2D eigenvalue weighted by Crippen LogP contribution is -2.12. The molecule has 24 heavy (non-hydrogen) atoms. The summed E-state index contributed by atoms with van der Waals surface area (Å²) < 4.78 is 15.3. The van der Waals surface area contributed by atoms with Crippen molar-refractivity contribution in [3.63, 3.8) is 0 Å². The van der Waals surface area contributed by atoms with Gasteiger partial charge in [-0.3, -0.25) is 0 Å². The van der Waals surface area contributed by atoms with E-state index in [1.165, 1.54) is 7.11 Å². The van der Waals surface area contributed by atoms with E-state index in [1.807, 2.05) is 43.3 Å². The number of hydrogen-bond donors (Lipinski definition) is 0. The number of aryl methyl sites for hydroxylation is 1. The summed E-state index contributed by atoms with van der Waals surface area (Å²) in [6, 6.07) is 14.5. The molecule has 0 aliphatic heterocycles. The number of benzene rings is 2. The normalized spacial score (nSPS) is 10.6. The van der Waals surface area contributed by atoms with Gasteiger partial charge in [0.1, 0.15) is 11.3 Å². The fourth-order valence-corrected chi connectivity index (χ4v) is 2.57. The second-order valence-electron chi connectivity index (χ2n) is 5.28. The molecule has 0 bridgehead atoms. The van der Waals surface area contributed by atoms with E-state index >= 15 is 0 Å². The van der Waals surface area contributed by atoms with Crippen molar-refractivity contribution in [2.45, 2.75) is 6.92 Å². The fourth-order valence-electron chi connectivity index (χ4n) is 2.57. The summed E-state index contributed by atoms with van der Waals surface area (Å²) in [5.41, 5.74) is 2.21. The van der Waals surface area contributed by atoms with E-state index in [9.17, 15) is 9.59 Å². The van der Waals surface area contributed by atoms with Crippen LogP contribution in [-0.4, -0.2) is 19.7 Å². The molecule has 1 heterocycles. The van der Waals surface area contributed by atoms with Gasteiger partial charge in [-0.05, 0) is 30.2 Å². The van der Waals surface area contributed by atoms with Gasteiger partial charge in [-0.25, -0.2) is 9.59 Å². The highest BCUT2D eigenvalue weighted by Gasteiger charge is 2.14. The molecule has 0 saturated carbocycles.